The second kappa shape index (κ2) is 11.4. The van der Waals surface area contributed by atoms with E-state index in [2.05, 4.69) is 5.32 Å². The normalized spacial score (nSPS) is 11.3. The van der Waals surface area contributed by atoms with Gasteiger partial charge in [-0.25, -0.2) is 0 Å². The van der Waals surface area contributed by atoms with Crippen molar-refractivity contribution in [2.75, 3.05) is 19.5 Å². The minimum Gasteiger partial charge on any atom is -0.497 e. The highest BCUT2D eigenvalue weighted by atomic mass is 127. The predicted octanol–water partition coefficient (Wildman–Crippen LogP) is 5.28. The first-order valence-electron chi connectivity index (χ1n) is 9.81. The number of carbonyl (C=O) groups is 1. The van der Waals surface area contributed by atoms with Gasteiger partial charge in [0.2, 0.25) is 0 Å². The van der Waals surface area contributed by atoms with Gasteiger partial charge in [0.25, 0.3) is 5.91 Å². The third-order valence-electron chi connectivity index (χ3n) is 4.57. The molecule has 0 aromatic heterocycles. The maximum absolute atomic E-state index is 12.7. The molecule has 3 aromatic rings. The number of nitriles is 1. The van der Waals surface area contributed by atoms with Gasteiger partial charge in [-0.05, 0) is 94.9 Å². The van der Waals surface area contributed by atoms with Crippen molar-refractivity contribution in [3.05, 3.63) is 80.4 Å². The van der Waals surface area contributed by atoms with Crippen LogP contribution in [0.2, 0.25) is 5.02 Å². The number of methoxy groups -OCH3 is 2. The van der Waals surface area contributed by atoms with Crippen LogP contribution in [0, 0.1) is 14.9 Å². The fraction of sp³-hybridized carbons (Fsp3) is 0.0833. The predicted molar refractivity (Wildman–Crippen MR) is 140 cm³/mol. The molecule has 0 aliphatic carbocycles. The lowest BCUT2D eigenvalue weighted by Gasteiger charge is -2.14. The molecule has 0 saturated carbocycles. The summed E-state index contributed by atoms with van der Waals surface area (Å²) in [7, 11) is -1.28. The van der Waals surface area contributed by atoms with E-state index in [9.17, 15) is 18.5 Å². The summed E-state index contributed by atoms with van der Waals surface area (Å²) in [6, 6.07) is 17.1. The molecule has 0 spiro atoms. The van der Waals surface area contributed by atoms with E-state index in [1.807, 2.05) is 28.7 Å². The monoisotopic (exact) mass is 624 g/mol. The molecule has 0 aliphatic rings. The number of nitrogens with one attached hydrogen (secondary N) is 1. The fourth-order valence-electron chi connectivity index (χ4n) is 2.85. The summed E-state index contributed by atoms with van der Waals surface area (Å²) >= 11 is 7.71. The molecular formula is C24H18ClIN2O6S. The van der Waals surface area contributed by atoms with E-state index in [1.54, 1.807) is 30.3 Å². The summed E-state index contributed by atoms with van der Waals surface area (Å²) in [6.07, 6.45) is 1.36. The van der Waals surface area contributed by atoms with Crippen LogP contribution in [0.1, 0.15) is 5.56 Å². The summed E-state index contributed by atoms with van der Waals surface area (Å²) in [6.45, 7) is 0. The van der Waals surface area contributed by atoms with Gasteiger partial charge in [0.1, 0.15) is 22.3 Å². The molecule has 11 heteroatoms. The summed E-state index contributed by atoms with van der Waals surface area (Å²) in [4.78, 5) is 12.5. The molecule has 1 N–H and O–H groups in total. The molecular weight excluding hydrogens is 607 g/mol. The van der Waals surface area contributed by atoms with Crippen molar-refractivity contribution in [3.8, 4) is 23.3 Å². The van der Waals surface area contributed by atoms with Gasteiger partial charge in [-0.3, -0.25) is 4.79 Å². The lowest BCUT2D eigenvalue weighted by molar-refractivity contribution is -0.112. The quantitative estimate of drug-likeness (QED) is 0.157. The van der Waals surface area contributed by atoms with Gasteiger partial charge < -0.3 is 19.0 Å². The van der Waals surface area contributed by atoms with Crippen molar-refractivity contribution < 1.29 is 26.9 Å². The van der Waals surface area contributed by atoms with E-state index in [0.29, 0.717) is 25.6 Å². The van der Waals surface area contributed by atoms with Crippen LogP contribution in [-0.4, -0.2) is 28.5 Å². The highest BCUT2D eigenvalue weighted by molar-refractivity contribution is 14.1. The Morgan fingerprint density at radius 3 is 2.29 bits per heavy atom. The fourth-order valence-corrected chi connectivity index (χ4v) is 4.82. The van der Waals surface area contributed by atoms with Crippen molar-refractivity contribution >= 4 is 62.0 Å². The summed E-state index contributed by atoms with van der Waals surface area (Å²) in [5.74, 6) is 0.0910. The molecule has 0 atom stereocenters. The lowest BCUT2D eigenvalue weighted by Crippen LogP contribution is -2.13. The zero-order valence-electron chi connectivity index (χ0n) is 18.4. The van der Waals surface area contributed by atoms with Crippen LogP contribution in [0.4, 0.5) is 5.69 Å². The minimum absolute atomic E-state index is 0.0265. The van der Waals surface area contributed by atoms with Gasteiger partial charge in [-0.2, -0.15) is 13.7 Å². The highest BCUT2D eigenvalue weighted by Crippen LogP contribution is 2.36. The molecule has 0 aliphatic heterocycles. The summed E-state index contributed by atoms with van der Waals surface area (Å²) in [5.41, 5.74) is 0.755. The first-order chi connectivity index (χ1) is 16.7. The van der Waals surface area contributed by atoms with Crippen LogP contribution in [0.3, 0.4) is 0 Å². The molecule has 8 nitrogen and oxygen atoms in total. The largest absolute Gasteiger partial charge is 0.497 e. The minimum atomic E-state index is -4.16. The van der Waals surface area contributed by atoms with Crippen molar-refractivity contribution in [2.45, 2.75) is 4.90 Å². The molecule has 0 unspecified atom stereocenters. The zero-order valence-corrected chi connectivity index (χ0v) is 22.1. The molecule has 0 radical (unpaired) electrons. The molecule has 35 heavy (non-hydrogen) atoms. The average Bonchev–Trinajstić information content (AvgIpc) is 2.84. The molecule has 0 heterocycles. The van der Waals surface area contributed by atoms with Gasteiger partial charge in [-0.15, -0.1) is 0 Å². The van der Waals surface area contributed by atoms with Crippen molar-refractivity contribution in [1.29, 1.82) is 5.26 Å². The third kappa shape index (κ3) is 6.66. The van der Waals surface area contributed by atoms with Crippen molar-refractivity contribution in [1.82, 2.24) is 0 Å². The first-order valence-corrected chi connectivity index (χ1v) is 12.7. The van der Waals surface area contributed by atoms with Crippen LogP contribution in [0.15, 0.2) is 71.1 Å². The number of rotatable bonds is 8. The van der Waals surface area contributed by atoms with E-state index in [-0.39, 0.29) is 22.0 Å². The van der Waals surface area contributed by atoms with Crippen LogP contribution in [0.5, 0.6) is 17.2 Å². The summed E-state index contributed by atoms with van der Waals surface area (Å²) in [5, 5.41) is 12.5. The third-order valence-corrected chi connectivity index (χ3v) is 6.86. The van der Waals surface area contributed by atoms with E-state index in [1.165, 1.54) is 50.6 Å². The number of anilines is 1. The van der Waals surface area contributed by atoms with Gasteiger partial charge in [0, 0.05) is 10.7 Å². The number of ether oxygens (including phenoxy) is 2. The zero-order chi connectivity index (χ0) is 25.6. The van der Waals surface area contributed by atoms with Crippen LogP contribution in [-0.2, 0) is 14.9 Å². The van der Waals surface area contributed by atoms with Gasteiger partial charge in [0.15, 0.2) is 11.5 Å². The van der Waals surface area contributed by atoms with Crippen LogP contribution < -0.4 is 19.0 Å². The molecule has 1 amide bonds. The number of amides is 1. The molecule has 0 bridgehead atoms. The number of halogens is 2. The van der Waals surface area contributed by atoms with Gasteiger partial charge >= 0.3 is 10.1 Å². The van der Waals surface area contributed by atoms with E-state index >= 15 is 0 Å². The Kier molecular flexibility index (Phi) is 8.61. The molecule has 0 fully saturated rings. The Labute approximate surface area is 221 Å². The number of benzene rings is 3. The van der Waals surface area contributed by atoms with E-state index in [4.69, 9.17) is 25.3 Å². The molecule has 0 saturated heterocycles. The second-order valence-electron chi connectivity index (χ2n) is 6.88. The van der Waals surface area contributed by atoms with Gasteiger partial charge in [-0.1, -0.05) is 11.6 Å². The average molecular weight is 625 g/mol. The Morgan fingerprint density at radius 1 is 1.06 bits per heavy atom. The lowest BCUT2D eigenvalue weighted by atomic mass is 10.1. The highest BCUT2D eigenvalue weighted by Gasteiger charge is 2.22. The number of hydrogen-bond acceptors (Lipinski definition) is 7. The number of hydrogen-bond donors (Lipinski definition) is 1. The Morgan fingerprint density at radius 2 is 1.71 bits per heavy atom. The molecule has 3 rings (SSSR count). The van der Waals surface area contributed by atoms with Gasteiger partial charge in [0.05, 0.1) is 17.8 Å². The first kappa shape index (κ1) is 26.3. The molecule has 3 aromatic carbocycles. The topological polar surface area (TPSA) is 115 Å². The van der Waals surface area contributed by atoms with Crippen molar-refractivity contribution in [2.24, 2.45) is 0 Å². The number of carbonyl (C=O) groups excluding carboxylic acids is 1. The van der Waals surface area contributed by atoms with Crippen LogP contribution >= 0.6 is 34.2 Å². The maximum atomic E-state index is 12.7. The second-order valence-corrected chi connectivity index (χ2v) is 10.0. The van der Waals surface area contributed by atoms with E-state index in [0.717, 1.165) is 0 Å². The standard InChI is InChI=1S/C24H18ClIN2O6S/c1-32-19-7-5-18(6-8-19)28-24(29)16(14-27)11-15-12-21(26)23(22(13-15)33-2)34-35(30,31)20-9-3-17(25)4-10-20/h3-13H,1-2H3,(H,28,29)/b16-11+. The Balaban J connectivity index is 1.88. The maximum Gasteiger partial charge on any atom is 0.339 e. The summed E-state index contributed by atoms with van der Waals surface area (Å²) < 4.78 is 41.5. The van der Waals surface area contributed by atoms with Crippen molar-refractivity contribution in [3.63, 3.8) is 0 Å². The van der Waals surface area contributed by atoms with E-state index < -0.39 is 16.0 Å². The number of nitrogens with zero attached hydrogens (tertiary/aromatic N) is 1. The SMILES string of the molecule is COc1ccc(NC(=O)/C(C#N)=C/c2cc(I)c(OS(=O)(=O)c3ccc(Cl)cc3)c(OC)c2)cc1. The molecule has 180 valence electrons. The smallest absolute Gasteiger partial charge is 0.339 e. The van der Waals surface area contributed by atoms with Crippen LogP contribution in [0.25, 0.3) is 6.08 Å². The Bertz CT molecular complexity index is 1420. The Hall–Kier alpha value is -3.27.